The lowest BCUT2D eigenvalue weighted by atomic mass is 9.84. The lowest BCUT2D eigenvalue weighted by Crippen LogP contribution is -2.52. The summed E-state index contributed by atoms with van der Waals surface area (Å²) in [5.74, 6) is -0.409. The monoisotopic (exact) mass is 449 g/mol. The maximum absolute atomic E-state index is 13.4. The van der Waals surface area contributed by atoms with Crippen molar-refractivity contribution >= 4 is 27.7 Å². The molecule has 0 aromatic heterocycles. The van der Waals surface area contributed by atoms with E-state index in [1.807, 2.05) is 13.8 Å². The van der Waals surface area contributed by atoms with E-state index in [1.54, 1.807) is 29.2 Å². The summed E-state index contributed by atoms with van der Waals surface area (Å²) in [7, 11) is -3.19. The van der Waals surface area contributed by atoms with Gasteiger partial charge < -0.3 is 15.0 Å². The number of nitrogens with one attached hydrogen (secondary N) is 1. The van der Waals surface area contributed by atoms with Crippen molar-refractivity contribution in [1.82, 2.24) is 15.1 Å². The number of rotatable bonds is 5. The molecule has 2 fully saturated rings. The Labute approximate surface area is 181 Å². The molecule has 1 aromatic carbocycles. The van der Waals surface area contributed by atoms with Crippen molar-refractivity contribution in [2.24, 2.45) is 0 Å². The van der Waals surface area contributed by atoms with Gasteiger partial charge in [0.25, 0.3) is 5.91 Å². The quantitative estimate of drug-likeness (QED) is 0.672. The number of benzene rings is 1. The zero-order valence-electron chi connectivity index (χ0n) is 17.7. The number of urea groups is 1. The predicted molar refractivity (Wildman–Crippen MR) is 112 cm³/mol. The molecule has 31 heavy (non-hydrogen) atoms. The third-order valence-corrected chi connectivity index (χ3v) is 8.26. The third kappa shape index (κ3) is 3.66. The molecule has 3 atom stereocenters. The van der Waals surface area contributed by atoms with Gasteiger partial charge in [0.15, 0.2) is 15.4 Å². The number of carbonyl (C=O) groups is 3. The number of sulfone groups is 1. The maximum Gasteiger partial charge on any atom is 0.325 e. The summed E-state index contributed by atoms with van der Waals surface area (Å²) in [6.45, 7) is 3.61. The number of carbonyl (C=O) groups excluding carboxylic acids is 3. The van der Waals surface area contributed by atoms with Gasteiger partial charge in [0.2, 0.25) is 5.91 Å². The Kier molecular flexibility index (Phi) is 5.45. The normalized spacial score (nSPS) is 27.5. The second-order valence-electron chi connectivity index (χ2n) is 8.44. The highest BCUT2D eigenvalue weighted by molar-refractivity contribution is 7.91. The molecule has 0 saturated carbocycles. The summed E-state index contributed by atoms with van der Waals surface area (Å²) < 4.78 is 29.6. The molecule has 1 spiro atoms. The molecule has 2 saturated heterocycles. The van der Waals surface area contributed by atoms with Crippen LogP contribution in [0.2, 0.25) is 0 Å². The fourth-order valence-electron chi connectivity index (χ4n) is 4.73. The first-order valence-corrected chi connectivity index (χ1v) is 12.4. The zero-order valence-corrected chi connectivity index (χ0v) is 18.5. The molecule has 3 aliphatic rings. The molecule has 0 bridgehead atoms. The van der Waals surface area contributed by atoms with Crippen LogP contribution >= 0.6 is 0 Å². The molecule has 0 aliphatic carbocycles. The summed E-state index contributed by atoms with van der Waals surface area (Å²) in [5, 5.41) is 2.79. The molecule has 3 aliphatic heterocycles. The van der Waals surface area contributed by atoms with E-state index >= 15 is 0 Å². The van der Waals surface area contributed by atoms with Gasteiger partial charge in [-0.05, 0) is 25.8 Å². The Hall–Kier alpha value is -2.62. The number of fused-ring (bicyclic) bond motifs is 2. The highest BCUT2D eigenvalue weighted by Crippen LogP contribution is 2.41. The van der Waals surface area contributed by atoms with E-state index in [0.717, 1.165) is 4.90 Å². The minimum Gasteiger partial charge on any atom is -0.493 e. The lowest BCUT2D eigenvalue weighted by molar-refractivity contribution is -0.142. The van der Waals surface area contributed by atoms with Gasteiger partial charge in [-0.3, -0.25) is 14.5 Å². The number of para-hydroxylation sites is 1. The average molecular weight is 450 g/mol. The van der Waals surface area contributed by atoms with Crippen LogP contribution in [-0.2, 0) is 25.0 Å². The molecule has 9 nitrogen and oxygen atoms in total. The van der Waals surface area contributed by atoms with Gasteiger partial charge >= 0.3 is 6.03 Å². The maximum atomic E-state index is 13.4. The fraction of sp³-hybridized carbons (Fsp3) is 0.571. The molecular weight excluding hydrogens is 422 g/mol. The van der Waals surface area contributed by atoms with Crippen molar-refractivity contribution in [3.8, 4) is 5.75 Å². The van der Waals surface area contributed by atoms with Gasteiger partial charge in [0, 0.05) is 24.1 Å². The molecule has 168 valence electrons. The Balaban J connectivity index is 1.58. The fourth-order valence-corrected chi connectivity index (χ4v) is 6.44. The van der Waals surface area contributed by atoms with Crippen molar-refractivity contribution in [2.75, 3.05) is 24.7 Å². The number of hydrogen-bond acceptors (Lipinski definition) is 6. The zero-order chi connectivity index (χ0) is 22.4. The number of hydrogen-bond donors (Lipinski definition) is 1. The topological polar surface area (TPSA) is 113 Å². The van der Waals surface area contributed by atoms with Crippen LogP contribution in [0, 0.1) is 0 Å². The van der Waals surface area contributed by atoms with Crippen LogP contribution in [0.4, 0.5) is 4.79 Å². The van der Waals surface area contributed by atoms with Crippen molar-refractivity contribution in [3.05, 3.63) is 29.8 Å². The van der Waals surface area contributed by atoms with Gasteiger partial charge in [-0.15, -0.1) is 0 Å². The van der Waals surface area contributed by atoms with E-state index < -0.39 is 45.8 Å². The molecule has 1 N–H and O–H groups in total. The number of ether oxygens (including phenoxy) is 1. The smallest absolute Gasteiger partial charge is 0.325 e. The Morgan fingerprint density at radius 3 is 2.77 bits per heavy atom. The predicted octanol–water partition coefficient (Wildman–Crippen LogP) is 1.03. The largest absolute Gasteiger partial charge is 0.493 e. The molecule has 0 radical (unpaired) electrons. The second-order valence-corrected chi connectivity index (χ2v) is 10.7. The Morgan fingerprint density at radius 2 is 2.10 bits per heavy atom. The van der Waals surface area contributed by atoms with Gasteiger partial charge in [0.05, 0.1) is 18.1 Å². The van der Waals surface area contributed by atoms with Gasteiger partial charge in [-0.25, -0.2) is 13.2 Å². The molecule has 4 rings (SSSR count). The van der Waals surface area contributed by atoms with Crippen molar-refractivity contribution < 1.29 is 27.5 Å². The van der Waals surface area contributed by atoms with Crippen LogP contribution < -0.4 is 10.1 Å². The van der Waals surface area contributed by atoms with E-state index in [1.165, 1.54) is 0 Å². The van der Waals surface area contributed by atoms with Crippen LogP contribution in [0.5, 0.6) is 5.75 Å². The van der Waals surface area contributed by atoms with Gasteiger partial charge in [-0.2, -0.15) is 0 Å². The summed E-state index contributed by atoms with van der Waals surface area (Å²) >= 11 is 0. The first-order chi connectivity index (χ1) is 14.7. The van der Waals surface area contributed by atoms with E-state index in [2.05, 4.69) is 5.32 Å². The van der Waals surface area contributed by atoms with Crippen LogP contribution in [-0.4, -0.2) is 72.8 Å². The van der Waals surface area contributed by atoms with Crippen molar-refractivity contribution in [3.63, 3.8) is 0 Å². The Morgan fingerprint density at radius 1 is 1.35 bits per heavy atom. The van der Waals surface area contributed by atoms with E-state index in [-0.39, 0.29) is 30.6 Å². The van der Waals surface area contributed by atoms with Crippen LogP contribution in [0.25, 0.3) is 0 Å². The number of nitrogens with zero attached hydrogens (tertiary/aromatic N) is 2. The molecular formula is C21H27N3O6S. The average Bonchev–Trinajstić information content (AvgIpc) is 3.20. The van der Waals surface area contributed by atoms with Crippen LogP contribution in [0.3, 0.4) is 0 Å². The molecule has 1 aromatic rings. The summed E-state index contributed by atoms with van der Waals surface area (Å²) in [6.07, 6.45) is 1.28. The summed E-state index contributed by atoms with van der Waals surface area (Å²) in [5.41, 5.74) is -0.667. The first kappa shape index (κ1) is 21.6. The summed E-state index contributed by atoms with van der Waals surface area (Å²) in [6, 6.07) is 5.78. The minimum atomic E-state index is -3.19. The minimum absolute atomic E-state index is 0.0426. The summed E-state index contributed by atoms with van der Waals surface area (Å²) in [4.78, 5) is 41.9. The van der Waals surface area contributed by atoms with Crippen molar-refractivity contribution in [2.45, 2.75) is 50.7 Å². The molecule has 10 heteroatoms. The number of amides is 4. The second kappa shape index (κ2) is 7.81. The Bertz CT molecular complexity index is 1030. The molecule has 4 amide bonds. The number of imide groups is 1. The lowest BCUT2D eigenvalue weighted by Gasteiger charge is -2.35. The highest BCUT2D eigenvalue weighted by Gasteiger charge is 2.55. The van der Waals surface area contributed by atoms with Crippen LogP contribution in [0.15, 0.2) is 24.3 Å². The highest BCUT2D eigenvalue weighted by atomic mass is 32.2. The van der Waals surface area contributed by atoms with E-state index in [0.29, 0.717) is 24.2 Å². The first-order valence-electron chi connectivity index (χ1n) is 10.6. The van der Waals surface area contributed by atoms with E-state index in [9.17, 15) is 22.8 Å². The van der Waals surface area contributed by atoms with Crippen LogP contribution in [0.1, 0.15) is 38.7 Å². The SMILES string of the molecule is CC[C@H](C)N(C(=O)CN1C(=O)N[C@@]2(CCOc3ccccc32)C1=O)[C@@H]1CCS(=O)(=O)C1. The third-order valence-electron chi connectivity index (χ3n) is 6.51. The molecule has 0 unspecified atom stereocenters. The standard InChI is InChI=1S/C21H27N3O6S/c1-3-14(2)24(15-8-11-31(28,29)13-15)18(25)12-23-19(26)21(22-20(23)27)9-10-30-17-7-5-4-6-16(17)21/h4-7,14-15H,3,8-13H2,1-2H3,(H,22,27)/t14-,15+,21+/m0/s1. The van der Waals surface area contributed by atoms with E-state index in [4.69, 9.17) is 4.74 Å². The van der Waals surface area contributed by atoms with Gasteiger partial charge in [0.1, 0.15) is 12.3 Å². The van der Waals surface area contributed by atoms with Gasteiger partial charge in [-0.1, -0.05) is 25.1 Å². The van der Waals surface area contributed by atoms with Crippen molar-refractivity contribution in [1.29, 1.82) is 0 Å². The molecule has 3 heterocycles.